The Morgan fingerprint density at radius 1 is 0.969 bits per heavy atom. The molecule has 32 heavy (non-hydrogen) atoms. The third kappa shape index (κ3) is 5.08. The van der Waals surface area contributed by atoms with Crippen molar-refractivity contribution in [3.05, 3.63) is 94.0 Å². The molecule has 3 aromatic rings. The minimum Gasteiger partial charge on any atom is -0.465 e. The second-order valence-electron chi connectivity index (χ2n) is 6.43. The normalized spacial score (nSPS) is 10.8. The van der Waals surface area contributed by atoms with Crippen LogP contribution in [0.2, 0.25) is 0 Å². The summed E-state index contributed by atoms with van der Waals surface area (Å²) in [6.45, 7) is 0. The lowest BCUT2D eigenvalue weighted by Crippen LogP contribution is -2.19. The first-order valence-corrected chi connectivity index (χ1v) is 10.6. The van der Waals surface area contributed by atoms with Gasteiger partial charge in [0.2, 0.25) is 0 Å². The largest absolute Gasteiger partial charge is 0.465 e. The molecule has 11 heteroatoms. The molecule has 0 unspecified atom stereocenters. The van der Waals surface area contributed by atoms with Crippen LogP contribution in [0, 0.1) is 10.1 Å². The highest BCUT2D eigenvalue weighted by Crippen LogP contribution is 2.24. The molecule has 0 fully saturated rings. The maximum Gasteiger partial charge on any atom is 0.337 e. The van der Waals surface area contributed by atoms with E-state index in [2.05, 4.69) is 14.8 Å². The standard InChI is InChI=1S/C21H17N3O7S/c1-31-21(26)14-6-4-7-15(12-14)22-20(25)18-10-2-3-11-19(18)23-32(29,30)17-9-5-8-16(13-17)24(27)28/h2-13,23H,1H3,(H,22,25). The summed E-state index contributed by atoms with van der Waals surface area (Å²) in [7, 11) is -2.98. The highest BCUT2D eigenvalue weighted by Gasteiger charge is 2.21. The zero-order chi connectivity index (χ0) is 23.3. The fraction of sp³-hybridized carbons (Fsp3) is 0.0476. The van der Waals surface area contributed by atoms with Crippen LogP contribution in [0.25, 0.3) is 0 Å². The maximum atomic E-state index is 12.8. The molecule has 0 aliphatic rings. The number of hydrogen-bond donors (Lipinski definition) is 2. The number of hydrogen-bond acceptors (Lipinski definition) is 7. The summed E-state index contributed by atoms with van der Waals surface area (Å²) in [6, 6.07) is 16.5. The van der Waals surface area contributed by atoms with Crippen LogP contribution in [0.5, 0.6) is 0 Å². The van der Waals surface area contributed by atoms with Crippen LogP contribution in [0.15, 0.2) is 77.7 Å². The summed E-state index contributed by atoms with van der Waals surface area (Å²) in [6.07, 6.45) is 0. The van der Waals surface area contributed by atoms with Crippen molar-refractivity contribution in [3.63, 3.8) is 0 Å². The number of benzene rings is 3. The van der Waals surface area contributed by atoms with Crippen molar-refractivity contribution >= 4 is 39.0 Å². The van der Waals surface area contributed by atoms with E-state index in [-0.39, 0.29) is 27.4 Å². The molecule has 0 heterocycles. The third-order valence-electron chi connectivity index (χ3n) is 4.30. The number of nitrogens with one attached hydrogen (secondary N) is 2. The number of anilines is 2. The Labute approximate surface area is 183 Å². The average Bonchev–Trinajstić information content (AvgIpc) is 2.78. The number of carbonyl (C=O) groups excluding carboxylic acids is 2. The van der Waals surface area contributed by atoms with Gasteiger partial charge >= 0.3 is 5.97 Å². The summed E-state index contributed by atoms with van der Waals surface area (Å²) < 4.78 is 32.4. The van der Waals surface area contributed by atoms with Crippen molar-refractivity contribution in [1.82, 2.24) is 0 Å². The van der Waals surface area contributed by atoms with Crippen LogP contribution in [0.4, 0.5) is 17.1 Å². The van der Waals surface area contributed by atoms with Crippen LogP contribution in [-0.4, -0.2) is 32.3 Å². The van der Waals surface area contributed by atoms with E-state index in [1.165, 1.54) is 55.6 Å². The second-order valence-corrected chi connectivity index (χ2v) is 8.11. The SMILES string of the molecule is COC(=O)c1cccc(NC(=O)c2ccccc2NS(=O)(=O)c2cccc([N+](=O)[O-])c2)c1. The van der Waals surface area contributed by atoms with Gasteiger partial charge in [-0.1, -0.05) is 24.3 Å². The topological polar surface area (TPSA) is 145 Å². The van der Waals surface area contributed by atoms with Crippen molar-refractivity contribution in [2.24, 2.45) is 0 Å². The highest BCUT2D eigenvalue weighted by atomic mass is 32.2. The highest BCUT2D eigenvalue weighted by molar-refractivity contribution is 7.92. The van der Waals surface area contributed by atoms with E-state index in [1.54, 1.807) is 18.2 Å². The molecule has 0 spiro atoms. The van der Waals surface area contributed by atoms with Gasteiger partial charge in [0.15, 0.2) is 0 Å². The first-order valence-electron chi connectivity index (χ1n) is 9.07. The van der Waals surface area contributed by atoms with Gasteiger partial charge in [-0.05, 0) is 36.4 Å². The Morgan fingerprint density at radius 2 is 1.69 bits per heavy atom. The number of amides is 1. The van der Waals surface area contributed by atoms with Gasteiger partial charge in [-0.15, -0.1) is 0 Å². The molecule has 0 aliphatic heterocycles. The number of methoxy groups -OCH3 is 1. The Morgan fingerprint density at radius 3 is 2.41 bits per heavy atom. The summed E-state index contributed by atoms with van der Waals surface area (Å²) >= 11 is 0. The van der Waals surface area contributed by atoms with Gasteiger partial charge in [0.25, 0.3) is 21.6 Å². The Balaban J connectivity index is 1.87. The maximum absolute atomic E-state index is 12.8. The summed E-state index contributed by atoms with van der Waals surface area (Å²) in [4.78, 5) is 34.4. The van der Waals surface area contributed by atoms with Gasteiger partial charge in [-0.3, -0.25) is 19.6 Å². The van der Waals surface area contributed by atoms with Crippen molar-refractivity contribution in [1.29, 1.82) is 0 Å². The Bertz CT molecular complexity index is 1310. The number of sulfonamides is 1. The molecular formula is C21H17N3O7S. The van der Waals surface area contributed by atoms with Gasteiger partial charge in [-0.2, -0.15) is 0 Å². The first-order chi connectivity index (χ1) is 15.2. The lowest BCUT2D eigenvalue weighted by molar-refractivity contribution is -0.385. The Hall–Kier alpha value is -4.25. The van der Waals surface area contributed by atoms with E-state index in [4.69, 9.17) is 0 Å². The van der Waals surface area contributed by atoms with Crippen LogP contribution >= 0.6 is 0 Å². The minimum absolute atomic E-state index is 0.00461. The van der Waals surface area contributed by atoms with Crippen LogP contribution in [0.3, 0.4) is 0 Å². The predicted octanol–water partition coefficient (Wildman–Crippen LogP) is 3.43. The number of non-ortho nitro benzene ring substituents is 1. The number of nitro benzene ring substituents is 1. The number of carbonyl (C=O) groups is 2. The first kappa shape index (κ1) is 22.4. The molecule has 3 rings (SSSR count). The fourth-order valence-corrected chi connectivity index (χ4v) is 3.90. The molecule has 2 N–H and O–H groups in total. The van der Waals surface area contributed by atoms with Crippen molar-refractivity contribution in [3.8, 4) is 0 Å². The smallest absolute Gasteiger partial charge is 0.337 e. The van der Waals surface area contributed by atoms with Gasteiger partial charge in [0.1, 0.15) is 0 Å². The van der Waals surface area contributed by atoms with E-state index >= 15 is 0 Å². The summed E-state index contributed by atoms with van der Waals surface area (Å²) in [5.41, 5.74) is 0.120. The average molecular weight is 455 g/mol. The Kier molecular flexibility index (Phi) is 6.50. The monoisotopic (exact) mass is 455 g/mol. The van der Waals surface area contributed by atoms with E-state index in [1.807, 2.05) is 0 Å². The number of ether oxygens (including phenoxy) is 1. The van der Waals surface area contributed by atoms with E-state index in [0.29, 0.717) is 5.69 Å². The van der Waals surface area contributed by atoms with Crippen LogP contribution < -0.4 is 10.0 Å². The van der Waals surface area contributed by atoms with Gasteiger partial charge < -0.3 is 10.1 Å². The van der Waals surface area contributed by atoms with Crippen LogP contribution in [-0.2, 0) is 14.8 Å². The van der Waals surface area contributed by atoms with E-state index in [0.717, 1.165) is 6.07 Å². The number of rotatable bonds is 7. The number of esters is 1. The molecule has 0 radical (unpaired) electrons. The molecule has 3 aromatic carbocycles. The van der Waals surface area contributed by atoms with E-state index < -0.39 is 26.8 Å². The molecule has 0 aliphatic carbocycles. The van der Waals surface area contributed by atoms with Gasteiger partial charge in [0, 0.05) is 17.8 Å². The lowest BCUT2D eigenvalue weighted by atomic mass is 10.1. The summed E-state index contributed by atoms with van der Waals surface area (Å²) in [5.74, 6) is -1.21. The van der Waals surface area contributed by atoms with Crippen molar-refractivity contribution in [2.45, 2.75) is 4.90 Å². The van der Waals surface area contributed by atoms with Gasteiger partial charge in [-0.25, -0.2) is 13.2 Å². The fourth-order valence-electron chi connectivity index (χ4n) is 2.78. The zero-order valence-corrected chi connectivity index (χ0v) is 17.5. The molecule has 1 amide bonds. The number of nitrogens with zero attached hydrogens (tertiary/aromatic N) is 1. The molecule has 10 nitrogen and oxygen atoms in total. The quantitative estimate of drug-likeness (QED) is 0.315. The van der Waals surface area contributed by atoms with Gasteiger partial charge in [0.05, 0.1) is 33.7 Å². The van der Waals surface area contributed by atoms with Crippen LogP contribution in [0.1, 0.15) is 20.7 Å². The molecule has 0 atom stereocenters. The molecule has 164 valence electrons. The minimum atomic E-state index is -4.22. The third-order valence-corrected chi connectivity index (χ3v) is 5.66. The molecule has 0 saturated carbocycles. The second kappa shape index (κ2) is 9.27. The summed E-state index contributed by atoms with van der Waals surface area (Å²) in [5, 5.41) is 13.5. The molecule has 0 saturated heterocycles. The molecular weight excluding hydrogens is 438 g/mol. The number of nitro groups is 1. The van der Waals surface area contributed by atoms with E-state index in [9.17, 15) is 28.1 Å². The number of para-hydroxylation sites is 1. The van der Waals surface area contributed by atoms with Crippen molar-refractivity contribution < 1.29 is 27.7 Å². The lowest BCUT2D eigenvalue weighted by Gasteiger charge is -2.13. The predicted molar refractivity (Wildman–Crippen MR) is 116 cm³/mol. The van der Waals surface area contributed by atoms with Crippen molar-refractivity contribution in [2.75, 3.05) is 17.1 Å². The molecule has 0 bridgehead atoms. The zero-order valence-electron chi connectivity index (χ0n) is 16.6. The molecule has 0 aromatic heterocycles.